The van der Waals surface area contributed by atoms with Gasteiger partial charge in [-0.1, -0.05) is 55.8 Å². The van der Waals surface area contributed by atoms with E-state index >= 15 is 0 Å². The van der Waals surface area contributed by atoms with Crippen LogP contribution in [0.5, 0.6) is 0 Å². The van der Waals surface area contributed by atoms with E-state index in [1.54, 1.807) is 0 Å². The molecular formula is C28H28N2O. The number of aromatic nitrogens is 1. The molecule has 156 valence electrons. The van der Waals surface area contributed by atoms with E-state index in [9.17, 15) is 4.79 Å². The number of hydrogen-bond donors (Lipinski definition) is 1. The first-order chi connectivity index (χ1) is 15.0. The molecule has 0 aliphatic carbocycles. The molecule has 0 saturated heterocycles. The molecule has 0 aliphatic rings. The summed E-state index contributed by atoms with van der Waals surface area (Å²) in [6.45, 7) is 6.39. The standard InChI is InChI=1S/C28H28N2O/c1-4-5-8-21-12-15-23(16-13-21)29-28(31)25-18-27(22-14-11-19(2)20(3)17-22)30-26-10-7-6-9-24(25)26/h6-7,9-18H,4-5,8H2,1-3H3,(H,29,31). The summed E-state index contributed by atoms with van der Waals surface area (Å²) in [5.41, 5.74) is 7.83. The van der Waals surface area contributed by atoms with Crippen LogP contribution in [0.25, 0.3) is 22.2 Å². The highest BCUT2D eigenvalue weighted by Crippen LogP contribution is 2.27. The van der Waals surface area contributed by atoms with Gasteiger partial charge in [0.05, 0.1) is 16.8 Å². The number of carbonyl (C=O) groups excluding carboxylic acids is 1. The van der Waals surface area contributed by atoms with Crippen molar-refractivity contribution in [3.63, 3.8) is 0 Å². The number of aryl methyl sites for hydroxylation is 3. The summed E-state index contributed by atoms with van der Waals surface area (Å²) in [5, 5.41) is 3.92. The Morgan fingerprint density at radius 3 is 2.42 bits per heavy atom. The third kappa shape index (κ3) is 4.66. The van der Waals surface area contributed by atoms with E-state index in [1.165, 1.54) is 29.5 Å². The van der Waals surface area contributed by atoms with E-state index in [0.717, 1.165) is 34.3 Å². The lowest BCUT2D eigenvalue weighted by molar-refractivity contribution is 0.102. The Labute approximate surface area is 184 Å². The molecule has 1 heterocycles. The molecule has 0 saturated carbocycles. The Morgan fingerprint density at radius 1 is 0.903 bits per heavy atom. The molecule has 31 heavy (non-hydrogen) atoms. The summed E-state index contributed by atoms with van der Waals surface area (Å²) in [4.78, 5) is 18.1. The average molecular weight is 409 g/mol. The van der Waals surface area contributed by atoms with Gasteiger partial charge in [-0.25, -0.2) is 4.98 Å². The summed E-state index contributed by atoms with van der Waals surface area (Å²) in [6, 6.07) is 24.2. The van der Waals surface area contributed by atoms with E-state index < -0.39 is 0 Å². The van der Waals surface area contributed by atoms with Crippen molar-refractivity contribution in [1.29, 1.82) is 0 Å². The Hall–Kier alpha value is -3.46. The SMILES string of the molecule is CCCCc1ccc(NC(=O)c2cc(-c3ccc(C)c(C)c3)nc3ccccc23)cc1. The minimum absolute atomic E-state index is 0.120. The van der Waals surface area contributed by atoms with Crippen LogP contribution in [0.3, 0.4) is 0 Å². The van der Waals surface area contributed by atoms with Gasteiger partial charge in [-0.15, -0.1) is 0 Å². The molecule has 0 atom stereocenters. The average Bonchev–Trinajstić information content (AvgIpc) is 2.79. The van der Waals surface area contributed by atoms with Crippen molar-refractivity contribution >= 4 is 22.5 Å². The first-order valence-corrected chi connectivity index (χ1v) is 10.9. The lowest BCUT2D eigenvalue weighted by Crippen LogP contribution is -2.13. The molecule has 4 rings (SSSR count). The summed E-state index contributed by atoms with van der Waals surface area (Å²) < 4.78 is 0. The summed E-state index contributed by atoms with van der Waals surface area (Å²) >= 11 is 0. The number of hydrogen-bond acceptors (Lipinski definition) is 2. The van der Waals surface area contributed by atoms with E-state index in [4.69, 9.17) is 4.98 Å². The van der Waals surface area contributed by atoms with E-state index in [2.05, 4.69) is 56.4 Å². The van der Waals surface area contributed by atoms with Crippen LogP contribution in [0, 0.1) is 13.8 Å². The number of fused-ring (bicyclic) bond motifs is 1. The maximum atomic E-state index is 13.3. The van der Waals surface area contributed by atoms with Gasteiger partial charge in [-0.3, -0.25) is 4.79 Å². The molecule has 3 heteroatoms. The number of benzene rings is 3. The topological polar surface area (TPSA) is 42.0 Å². The molecule has 0 radical (unpaired) electrons. The highest BCUT2D eigenvalue weighted by molar-refractivity contribution is 6.13. The van der Waals surface area contributed by atoms with Gasteiger partial charge in [0.15, 0.2) is 0 Å². The van der Waals surface area contributed by atoms with Gasteiger partial charge in [0.1, 0.15) is 0 Å². The molecule has 3 aromatic carbocycles. The Balaban J connectivity index is 1.68. The van der Waals surface area contributed by atoms with Crippen LogP contribution in [0.15, 0.2) is 72.8 Å². The maximum absolute atomic E-state index is 13.3. The number of pyridine rings is 1. The predicted molar refractivity (Wildman–Crippen MR) is 130 cm³/mol. The highest BCUT2D eigenvalue weighted by Gasteiger charge is 2.14. The van der Waals surface area contributed by atoms with Gasteiger partial charge in [0.25, 0.3) is 5.91 Å². The molecule has 0 aliphatic heterocycles. The number of anilines is 1. The second-order valence-corrected chi connectivity index (χ2v) is 8.13. The van der Waals surface area contributed by atoms with Crippen LogP contribution in [-0.4, -0.2) is 10.9 Å². The Morgan fingerprint density at radius 2 is 1.68 bits per heavy atom. The van der Waals surface area contributed by atoms with Gasteiger partial charge in [-0.05, 0) is 73.7 Å². The maximum Gasteiger partial charge on any atom is 0.256 e. The van der Waals surface area contributed by atoms with Crippen molar-refractivity contribution in [2.24, 2.45) is 0 Å². The van der Waals surface area contributed by atoms with E-state index in [0.29, 0.717) is 5.56 Å². The summed E-state index contributed by atoms with van der Waals surface area (Å²) in [5.74, 6) is -0.120. The van der Waals surface area contributed by atoms with Crippen LogP contribution in [-0.2, 0) is 6.42 Å². The molecule has 4 aromatic rings. The van der Waals surface area contributed by atoms with Crippen molar-refractivity contribution in [2.45, 2.75) is 40.0 Å². The van der Waals surface area contributed by atoms with Crippen molar-refractivity contribution in [2.75, 3.05) is 5.32 Å². The van der Waals surface area contributed by atoms with Gasteiger partial charge >= 0.3 is 0 Å². The first-order valence-electron chi connectivity index (χ1n) is 10.9. The van der Waals surface area contributed by atoms with Crippen molar-refractivity contribution in [3.05, 3.63) is 95.1 Å². The van der Waals surface area contributed by atoms with Crippen molar-refractivity contribution in [1.82, 2.24) is 4.98 Å². The zero-order chi connectivity index (χ0) is 21.8. The highest BCUT2D eigenvalue weighted by atomic mass is 16.1. The monoisotopic (exact) mass is 408 g/mol. The summed E-state index contributed by atoms with van der Waals surface area (Å²) in [6.07, 6.45) is 3.42. The summed E-state index contributed by atoms with van der Waals surface area (Å²) in [7, 11) is 0. The fourth-order valence-corrected chi connectivity index (χ4v) is 3.75. The first kappa shape index (κ1) is 20.8. The zero-order valence-corrected chi connectivity index (χ0v) is 18.4. The number of para-hydroxylation sites is 1. The third-order valence-corrected chi connectivity index (χ3v) is 5.79. The van der Waals surface area contributed by atoms with Crippen LogP contribution >= 0.6 is 0 Å². The van der Waals surface area contributed by atoms with Crippen LogP contribution < -0.4 is 5.32 Å². The molecule has 0 spiro atoms. The van der Waals surface area contributed by atoms with E-state index in [-0.39, 0.29) is 5.91 Å². The number of rotatable bonds is 6. The molecule has 1 N–H and O–H groups in total. The Bertz CT molecular complexity index is 1230. The Kier molecular flexibility index (Phi) is 6.13. The zero-order valence-electron chi connectivity index (χ0n) is 18.4. The number of nitrogens with one attached hydrogen (secondary N) is 1. The third-order valence-electron chi connectivity index (χ3n) is 5.79. The molecule has 0 unspecified atom stereocenters. The van der Waals surface area contributed by atoms with Crippen molar-refractivity contribution < 1.29 is 4.79 Å². The molecule has 3 nitrogen and oxygen atoms in total. The number of unbranched alkanes of at least 4 members (excludes halogenated alkanes) is 1. The van der Waals surface area contributed by atoms with Crippen molar-refractivity contribution in [3.8, 4) is 11.3 Å². The number of carbonyl (C=O) groups is 1. The molecule has 0 fully saturated rings. The molecule has 1 aromatic heterocycles. The largest absolute Gasteiger partial charge is 0.322 e. The lowest BCUT2D eigenvalue weighted by Gasteiger charge is -2.12. The number of amides is 1. The van der Waals surface area contributed by atoms with Crippen LogP contribution in [0.4, 0.5) is 5.69 Å². The lowest BCUT2D eigenvalue weighted by atomic mass is 10.0. The van der Waals surface area contributed by atoms with Gasteiger partial charge in [0, 0.05) is 16.6 Å². The molecular weight excluding hydrogens is 380 g/mol. The molecule has 1 amide bonds. The second-order valence-electron chi connectivity index (χ2n) is 8.13. The fraction of sp³-hybridized carbons (Fsp3) is 0.214. The number of nitrogens with zero attached hydrogens (tertiary/aromatic N) is 1. The molecule has 0 bridgehead atoms. The van der Waals surface area contributed by atoms with E-state index in [1.807, 2.05) is 42.5 Å². The quantitative estimate of drug-likeness (QED) is 0.369. The van der Waals surface area contributed by atoms with Crippen LogP contribution in [0.1, 0.15) is 46.8 Å². The normalized spacial score (nSPS) is 10.9. The van der Waals surface area contributed by atoms with Crippen LogP contribution in [0.2, 0.25) is 0 Å². The predicted octanol–water partition coefficient (Wildman–Crippen LogP) is 7.11. The van der Waals surface area contributed by atoms with Gasteiger partial charge < -0.3 is 5.32 Å². The minimum atomic E-state index is -0.120. The second kappa shape index (κ2) is 9.13. The minimum Gasteiger partial charge on any atom is -0.322 e. The van der Waals surface area contributed by atoms with Gasteiger partial charge in [-0.2, -0.15) is 0 Å². The smallest absolute Gasteiger partial charge is 0.256 e. The van der Waals surface area contributed by atoms with Gasteiger partial charge in [0.2, 0.25) is 0 Å². The fourth-order valence-electron chi connectivity index (χ4n) is 3.75.